The van der Waals surface area contributed by atoms with Crippen LogP contribution in [-0.2, 0) is 9.59 Å². The van der Waals surface area contributed by atoms with Gasteiger partial charge in [0.05, 0.1) is 6.10 Å². The second-order valence-electron chi connectivity index (χ2n) is 11.4. The van der Waals surface area contributed by atoms with Gasteiger partial charge in [-0.1, -0.05) is 19.4 Å². The number of hydrogen-bond donors (Lipinski definition) is 2. The van der Waals surface area contributed by atoms with Crippen molar-refractivity contribution in [1.29, 1.82) is 0 Å². The number of fused-ring (bicyclic) bond motifs is 5. The lowest BCUT2D eigenvalue weighted by atomic mass is 9.45. The average molecular weight is 493 g/mol. The van der Waals surface area contributed by atoms with Crippen molar-refractivity contribution in [1.82, 2.24) is 0 Å². The molecule has 0 bridgehead atoms. The van der Waals surface area contributed by atoms with Gasteiger partial charge in [0.15, 0.2) is 23.2 Å². The minimum Gasteiger partial charge on any atom is -0.480 e. The van der Waals surface area contributed by atoms with Crippen molar-refractivity contribution in [2.45, 2.75) is 70.5 Å². The molecule has 0 aromatic heterocycles. The van der Waals surface area contributed by atoms with Crippen LogP contribution in [0.1, 0.15) is 58.8 Å². The zero-order chi connectivity index (χ0) is 25.3. The van der Waals surface area contributed by atoms with E-state index in [-0.39, 0.29) is 41.8 Å². The SMILES string of the molecule is CC12CCC(=O)C=C1CCC1C2C(O)CC2(C)C1CC[C@]2(O)C(=O)COc1c(F)cc(F)cc1F. The van der Waals surface area contributed by atoms with Crippen molar-refractivity contribution < 1.29 is 37.7 Å². The Morgan fingerprint density at radius 3 is 2.49 bits per heavy atom. The van der Waals surface area contributed by atoms with Gasteiger partial charge in [-0.25, -0.2) is 13.2 Å². The van der Waals surface area contributed by atoms with Gasteiger partial charge in [-0.15, -0.1) is 0 Å². The van der Waals surface area contributed by atoms with Gasteiger partial charge in [-0.2, -0.15) is 0 Å². The first kappa shape index (κ1) is 24.5. The van der Waals surface area contributed by atoms with E-state index in [4.69, 9.17) is 4.74 Å². The standard InChI is InChI=1S/C27H31F3O5/c1-25-7-5-16(31)9-14(25)3-4-17-18-6-8-27(34,26(18,2)12-21(32)23(17)25)22(33)13-35-24-19(29)10-15(28)11-20(24)30/h9-11,17-18,21,23,32,34H,3-8,12-13H2,1-2H3/t17?,18?,21?,23?,25?,26?,27-/m0/s1. The Morgan fingerprint density at radius 2 is 1.80 bits per heavy atom. The summed E-state index contributed by atoms with van der Waals surface area (Å²) >= 11 is 0. The lowest BCUT2D eigenvalue weighted by Crippen LogP contribution is -2.62. The summed E-state index contributed by atoms with van der Waals surface area (Å²) in [6.45, 7) is 3.17. The Bertz CT molecular complexity index is 1100. The van der Waals surface area contributed by atoms with Crippen LogP contribution in [0.5, 0.6) is 5.75 Å². The van der Waals surface area contributed by atoms with Crippen LogP contribution in [0.2, 0.25) is 0 Å². The minimum absolute atomic E-state index is 0.0276. The molecule has 190 valence electrons. The smallest absolute Gasteiger partial charge is 0.202 e. The first-order valence-electron chi connectivity index (χ1n) is 12.4. The van der Waals surface area contributed by atoms with Gasteiger partial charge < -0.3 is 14.9 Å². The Kier molecular flexibility index (Phi) is 5.72. The number of benzene rings is 1. The highest BCUT2D eigenvalue weighted by Gasteiger charge is 2.68. The molecule has 0 amide bonds. The summed E-state index contributed by atoms with van der Waals surface area (Å²) in [4.78, 5) is 25.3. The monoisotopic (exact) mass is 492 g/mol. The number of Topliss-reactive ketones (excluding diaryl/α,β-unsaturated/α-hetero) is 1. The summed E-state index contributed by atoms with van der Waals surface area (Å²) in [7, 11) is 0. The third kappa shape index (κ3) is 3.50. The number of ether oxygens (including phenoxy) is 1. The molecule has 0 spiro atoms. The summed E-state index contributed by atoms with van der Waals surface area (Å²) in [6, 6.07) is 0.931. The summed E-state index contributed by atoms with van der Waals surface area (Å²) < 4.78 is 46.2. The Morgan fingerprint density at radius 1 is 1.11 bits per heavy atom. The molecule has 4 aliphatic carbocycles. The van der Waals surface area contributed by atoms with Gasteiger partial charge in [0, 0.05) is 24.0 Å². The predicted molar refractivity (Wildman–Crippen MR) is 120 cm³/mol. The number of aliphatic hydroxyl groups is 2. The molecule has 35 heavy (non-hydrogen) atoms. The molecule has 2 N–H and O–H groups in total. The summed E-state index contributed by atoms with van der Waals surface area (Å²) in [5.74, 6) is -5.09. The van der Waals surface area contributed by atoms with Gasteiger partial charge in [-0.05, 0) is 67.8 Å². The number of aliphatic hydroxyl groups excluding tert-OH is 1. The third-order valence-electron chi connectivity index (χ3n) is 9.82. The fourth-order valence-corrected chi connectivity index (χ4v) is 8.07. The lowest BCUT2D eigenvalue weighted by Gasteiger charge is -2.60. The Labute approximate surface area is 202 Å². The van der Waals surface area contributed by atoms with Crippen molar-refractivity contribution in [3.8, 4) is 5.75 Å². The molecule has 4 aliphatic rings. The van der Waals surface area contributed by atoms with Crippen molar-refractivity contribution in [3.63, 3.8) is 0 Å². The molecular weight excluding hydrogens is 461 g/mol. The van der Waals surface area contributed by atoms with Crippen LogP contribution >= 0.6 is 0 Å². The van der Waals surface area contributed by atoms with Crippen molar-refractivity contribution in [2.24, 2.45) is 28.6 Å². The molecule has 3 fully saturated rings. The number of carbonyl (C=O) groups is 2. The minimum atomic E-state index is -1.82. The molecule has 0 radical (unpaired) electrons. The molecule has 0 aliphatic heterocycles. The lowest BCUT2D eigenvalue weighted by molar-refractivity contribution is -0.181. The molecular formula is C27H31F3O5. The Hall–Kier alpha value is -2.19. The highest BCUT2D eigenvalue weighted by Crippen LogP contribution is 2.67. The summed E-state index contributed by atoms with van der Waals surface area (Å²) in [6.07, 6.45) is 4.59. The Balaban J connectivity index is 1.40. The first-order chi connectivity index (χ1) is 16.4. The number of ketones is 2. The fraction of sp³-hybridized carbons (Fsp3) is 0.630. The highest BCUT2D eigenvalue weighted by atomic mass is 19.1. The van der Waals surface area contributed by atoms with E-state index in [0.717, 1.165) is 18.4 Å². The van der Waals surface area contributed by atoms with E-state index in [1.54, 1.807) is 6.08 Å². The molecule has 0 heterocycles. The zero-order valence-electron chi connectivity index (χ0n) is 20.0. The van der Waals surface area contributed by atoms with Gasteiger partial charge in [0.2, 0.25) is 5.78 Å². The number of halogens is 3. The summed E-state index contributed by atoms with van der Waals surface area (Å²) in [5, 5.41) is 23.1. The van der Waals surface area contributed by atoms with E-state index < -0.39 is 52.7 Å². The highest BCUT2D eigenvalue weighted by molar-refractivity contribution is 5.92. The van der Waals surface area contributed by atoms with E-state index in [1.165, 1.54) is 0 Å². The fourth-order valence-electron chi connectivity index (χ4n) is 8.07. The predicted octanol–water partition coefficient (Wildman–Crippen LogP) is 4.29. The van der Waals surface area contributed by atoms with Crippen LogP contribution < -0.4 is 4.74 Å². The van der Waals surface area contributed by atoms with Gasteiger partial charge in [-0.3, -0.25) is 9.59 Å². The largest absolute Gasteiger partial charge is 0.480 e. The van der Waals surface area contributed by atoms with E-state index in [1.807, 2.05) is 6.92 Å². The number of hydrogen-bond acceptors (Lipinski definition) is 5. The molecule has 1 aromatic carbocycles. The second-order valence-corrected chi connectivity index (χ2v) is 11.4. The van der Waals surface area contributed by atoms with Crippen LogP contribution in [0, 0.1) is 46.0 Å². The van der Waals surface area contributed by atoms with Gasteiger partial charge in [0.25, 0.3) is 0 Å². The molecule has 7 atom stereocenters. The van der Waals surface area contributed by atoms with Crippen LogP contribution in [0.25, 0.3) is 0 Å². The molecule has 1 aromatic rings. The van der Waals surface area contributed by atoms with E-state index in [9.17, 15) is 33.0 Å². The first-order valence-corrected chi connectivity index (χ1v) is 12.4. The van der Waals surface area contributed by atoms with Crippen LogP contribution in [0.4, 0.5) is 13.2 Å². The van der Waals surface area contributed by atoms with E-state index >= 15 is 0 Å². The average Bonchev–Trinajstić information content (AvgIpc) is 3.04. The van der Waals surface area contributed by atoms with Crippen LogP contribution in [-0.4, -0.2) is 40.1 Å². The van der Waals surface area contributed by atoms with Crippen molar-refractivity contribution in [2.75, 3.05) is 6.61 Å². The molecule has 0 saturated heterocycles. The van der Waals surface area contributed by atoms with Gasteiger partial charge in [0.1, 0.15) is 18.0 Å². The maximum atomic E-state index is 14.0. The topological polar surface area (TPSA) is 83.8 Å². The maximum Gasteiger partial charge on any atom is 0.202 e. The molecule has 5 rings (SSSR count). The molecule has 3 saturated carbocycles. The number of allylic oxidation sites excluding steroid dienone is 1. The van der Waals surface area contributed by atoms with Crippen molar-refractivity contribution >= 4 is 11.6 Å². The number of carbonyl (C=O) groups excluding carboxylic acids is 2. The van der Waals surface area contributed by atoms with Crippen LogP contribution in [0.15, 0.2) is 23.8 Å². The third-order valence-corrected chi connectivity index (χ3v) is 9.82. The van der Waals surface area contributed by atoms with E-state index in [0.29, 0.717) is 31.4 Å². The molecule has 6 unspecified atom stereocenters. The van der Waals surface area contributed by atoms with Crippen molar-refractivity contribution in [3.05, 3.63) is 41.2 Å². The van der Waals surface area contributed by atoms with E-state index in [2.05, 4.69) is 6.92 Å². The van der Waals surface area contributed by atoms with Gasteiger partial charge >= 0.3 is 0 Å². The number of rotatable bonds is 4. The molecule has 5 nitrogen and oxygen atoms in total. The normalized spacial score (nSPS) is 40.4. The van der Waals surface area contributed by atoms with Crippen LogP contribution in [0.3, 0.4) is 0 Å². The quantitative estimate of drug-likeness (QED) is 0.656. The second kappa shape index (κ2) is 8.17. The maximum absolute atomic E-state index is 14.0. The zero-order valence-corrected chi connectivity index (χ0v) is 20.0. The molecule has 8 heteroatoms. The summed E-state index contributed by atoms with van der Waals surface area (Å²) in [5.41, 5.74) is -1.95.